The Bertz CT molecular complexity index is 519. The lowest BCUT2D eigenvalue weighted by Crippen LogP contribution is -2.57. The summed E-state index contributed by atoms with van der Waals surface area (Å²) in [5.74, 6) is -1.23. The van der Waals surface area contributed by atoms with E-state index in [4.69, 9.17) is 0 Å². The van der Waals surface area contributed by atoms with Crippen molar-refractivity contribution in [3.8, 4) is 0 Å². The number of benzene rings is 1. The average molecular weight is 327 g/mol. The first-order valence-electron chi connectivity index (χ1n) is 6.01. The van der Waals surface area contributed by atoms with Crippen LogP contribution in [0.1, 0.15) is 15.9 Å². The SMILES string of the molecule is Cc1ccc(Br)c(C(=O)N2CCNCC2C(=O)O)c1. The summed E-state index contributed by atoms with van der Waals surface area (Å²) >= 11 is 3.34. The minimum absolute atomic E-state index is 0.246. The zero-order chi connectivity index (χ0) is 14.0. The molecule has 0 spiro atoms. The molecule has 0 bridgehead atoms. The first kappa shape index (κ1) is 14.0. The zero-order valence-corrected chi connectivity index (χ0v) is 12.1. The van der Waals surface area contributed by atoms with Crippen LogP contribution in [0.2, 0.25) is 0 Å². The van der Waals surface area contributed by atoms with Gasteiger partial charge < -0.3 is 15.3 Å². The van der Waals surface area contributed by atoms with Gasteiger partial charge in [-0.3, -0.25) is 4.79 Å². The van der Waals surface area contributed by atoms with Gasteiger partial charge in [0.1, 0.15) is 6.04 Å². The number of amides is 1. The van der Waals surface area contributed by atoms with E-state index in [2.05, 4.69) is 21.2 Å². The second-order valence-corrected chi connectivity index (χ2v) is 5.39. The summed E-state index contributed by atoms with van der Waals surface area (Å²) in [4.78, 5) is 25.1. The molecule has 1 fully saturated rings. The maximum atomic E-state index is 12.5. The Morgan fingerprint density at radius 1 is 1.47 bits per heavy atom. The van der Waals surface area contributed by atoms with Crippen LogP contribution in [0.3, 0.4) is 0 Å². The van der Waals surface area contributed by atoms with E-state index in [0.29, 0.717) is 23.1 Å². The minimum atomic E-state index is -0.982. The van der Waals surface area contributed by atoms with Crippen molar-refractivity contribution in [3.05, 3.63) is 33.8 Å². The molecule has 1 unspecified atom stereocenters. The molecule has 1 aromatic carbocycles. The molecule has 0 aromatic heterocycles. The van der Waals surface area contributed by atoms with Crippen molar-refractivity contribution < 1.29 is 14.7 Å². The molecule has 1 amide bonds. The van der Waals surface area contributed by atoms with Crippen molar-refractivity contribution in [2.24, 2.45) is 0 Å². The van der Waals surface area contributed by atoms with Gasteiger partial charge in [-0.25, -0.2) is 4.79 Å². The monoisotopic (exact) mass is 326 g/mol. The first-order chi connectivity index (χ1) is 9.00. The predicted octanol–water partition coefficient (Wildman–Crippen LogP) is 1.26. The van der Waals surface area contributed by atoms with Gasteiger partial charge in [-0.05, 0) is 35.0 Å². The molecule has 2 N–H and O–H groups in total. The van der Waals surface area contributed by atoms with Crippen molar-refractivity contribution >= 4 is 27.8 Å². The number of carbonyl (C=O) groups excluding carboxylic acids is 1. The molecule has 0 saturated carbocycles. The molecule has 1 aliphatic heterocycles. The van der Waals surface area contributed by atoms with Crippen LogP contribution in [0.5, 0.6) is 0 Å². The quantitative estimate of drug-likeness (QED) is 0.858. The highest BCUT2D eigenvalue weighted by Crippen LogP contribution is 2.21. The lowest BCUT2D eigenvalue weighted by molar-refractivity contribution is -0.142. The third kappa shape index (κ3) is 2.96. The third-order valence-corrected chi connectivity index (χ3v) is 3.83. The van der Waals surface area contributed by atoms with Crippen LogP contribution in [-0.4, -0.2) is 47.6 Å². The number of nitrogens with zero attached hydrogens (tertiary/aromatic N) is 1. The molecule has 0 aliphatic carbocycles. The first-order valence-corrected chi connectivity index (χ1v) is 6.80. The standard InChI is InChI=1S/C13H15BrN2O3/c1-8-2-3-10(14)9(6-8)12(17)16-5-4-15-7-11(16)13(18)19/h2-3,6,11,15H,4-5,7H2,1H3,(H,18,19). The number of carbonyl (C=O) groups is 2. The summed E-state index contributed by atoms with van der Waals surface area (Å²) in [5, 5.41) is 12.2. The van der Waals surface area contributed by atoms with Crippen molar-refractivity contribution in [1.82, 2.24) is 10.2 Å². The van der Waals surface area contributed by atoms with Gasteiger partial charge in [-0.15, -0.1) is 0 Å². The molecule has 6 heteroatoms. The molecule has 1 heterocycles. The Morgan fingerprint density at radius 2 is 2.21 bits per heavy atom. The van der Waals surface area contributed by atoms with E-state index in [1.807, 2.05) is 13.0 Å². The van der Waals surface area contributed by atoms with Gasteiger partial charge in [-0.1, -0.05) is 11.6 Å². The summed E-state index contributed by atoms with van der Waals surface area (Å²) in [6.07, 6.45) is 0. The maximum Gasteiger partial charge on any atom is 0.327 e. The van der Waals surface area contributed by atoms with Crippen LogP contribution in [0, 0.1) is 6.92 Å². The van der Waals surface area contributed by atoms with E-state index < -0.39 is 12.0 Å². The zero-order valence-electron chi connectivity index (χ0n) is 10.5. The molecular weight excluding hydrogens is 312 g/mol. The third-order valence-electron chi connectivity index (χ3n) is 3.14. The van der Waals surface area contributed by atoms with Gasteiger partial charge >= 0.3 is 5.97 Å². The fourth-order valence-corrected chi connectivity index (χ4v) is 2.54. The number of carboxylic acid groups (broad SMARTS) is 1. The molecule has 102 valence electrons. The van der Waals surface area contributed by atoms with Crippen LogP contribution in [0.15, 0.2) is 22.7 Å². The molecule has 1 aromatic rings. The van der Waals surface area contributed by atoms with Crippen molar-refractivity contribution in [1.29, 1.82) is 0 Å². The van der Waals surface area contributed by atoms with Gasteiger partial charge in [0, 0.05) is 24.1 Å². The number of rotatable bonds is 2. The minimum Gasteiger partial charge on any atom is -0.480 e. The Morgan fingerprint density at radius 3 is 2.89 bits per heavy atom. The predicted molar refractivity (Wildman–Crippen MR) is 74.2 cm³/mol. The largest absolute Gasteiger partial charge is 0.480 e. The molecule has 1 saturated heterocycles. The lowest BCUT2D eigenvalue weighted by Gasteiger charge is -2.33. The highest BCUT2D eigenvalue weighted by molar-refractivity contribution is 9.10. The lowest BCUT2D eigenvalue weighted by atomic mass is 10.1. The van der Waals surface area contributed by atoms with Crippen LogP contribution in [-0.2, 0) is 4.79 Å². The molecule has 0 radical (unpaired) electrons. The average Bonchev–Trinajstić information content (AvgIpc) is 2.40. The number of nitrogens with one attached hydrogen (secondary N) is 1. The summed E-state index contributed by atoms with van der Waals surface area (Å²) in [5.41, 5.74) is 1.47. The number of aliphatic carboxylic acids is 1. The van der Waals surface area contributed by atoms with Crippen molar-refractivity contribution in [3.63, 3.8) is 0 Å². The summed E-state index contributed by atoms with van der Waals surface area (Å²) in [6, 6.07) is 4.66. The summed E-state index contributed by atoms with van der Waals surface area (Å²) in [6.45, 7) is 3.19. The van der Waals surface area contributed by atoms with Crippen LogP contribution in [0.25, 0.3) is 0 Å². The number of aryl methyl sites for hydroxylation is 1. The number of halogens is 1. The van der Waals surface area contributed by atoms with Gasteiger partial charge in [0.25, 0.3) is 5.91 Å². The highest BCUT2D eigenvalue weighted by Gasteiger charge is 2.33. The fraction of sp³-hybridized carbons (Fsp3) is 0.385. The van der Waals surface area contributed by atoms with E-state index in [1.165, 1.54) is 4.90 Å². The normalized spacial score (nSPS) is 19.3. The number of hydrogen-bond donors (Lipinski definition) is 2. The molecule has 2 rings (SSSR count). The Balaban J connectivity index is 2.31. The molecule has 5 nitrogen and oxygen atoms in total. The maximum absolute atomic E-state index is 12.5. The van der Waals surface area contributed by atoms with E-state index in [-0.39, 0.29) is 12.5 Å². The molecule has 1 atom stereocenters. The highest BCUT2D eigenvalue weighted by atomic mass is 79.9. The summed E-state index contributed by atoms with van der Waals surface area (Å²) < 4.78 is 0.686. The smallest absolute Gasteiger partial charge is 0.327 e. The van der Waals surface area contributed by atoms with Crippen LogP contribution in [0.4, 0.5) is 0 Å². The van der Waals surface area contributed by atoms with Gasteiger partial charge in [-0.2, -0.15) is 0 Å². The van der Waals surface area contributed by atoms with Gasteiger partial charge in [0.15, 0.2) is 0 Å². The second kappa shape index (κ2) is 5.71. The van der Waals surface area contributed by atoms with Crippen molar-refractivity contribution in [2.45, 2.75) is 13.0 Å². The number of hydrogen-bond acceptors (Lipinski definition) is 3. The topological polar surface area (TPSA) is 69.6 Å². The van der Waals surface area contributed by atoms with Gasteiger partial charge in [0.05, 0.1) is 5.56 Å². The molecule has 19 heavy (non-hydrogen) atoms. The van der Waals surface area contributed by atoms with E-state index in [9.17, 15) is 14.7 Å². The van der Waals surface area contributed by atoms with Gasteiger partial charge in [0.2, 0.25) is 0 Å². The molecule has 1 aliphatic rings. The summed E-state index contributed by atoms with van der Waals surface area (Å²) in [7, 11) is 0. The second-order valence-electron chi connectivity index (χ2n) is 4.54. The Hall–Kier alpha value is -1.40. The van der Waals surface area contributed by atoms with Crippen molar-refractivity contribution in [2.75, 3.05) is 19.6 Å². The van der Waals surface area contributed by atoms with E-state index >= 15 is 0 Å². The number of piperazine rings is 1. The fourth-order valence-electron chi connectivity index (χ4n) is 2.13. The Labute approximate surface area is 119 Å². The van der Waals surface area contributed by atoms with E-state index in [1.54, 1.807) is 12.1 Å². The molecular formula is C13H15BrN2O3. The Kier molecular flexibility index (Phi) is 4.21. The van der Waals surface area contributed by atoms with Crippen LogP contribution < -0.4 is 5.32 Å². The number of carboxylic acids is 1. The van der Waals surface area contributed by atoms with E-state index in [0.717, 1.165) is 5.56 Å². The van der Waals surface area contributed by atoms with Crippen LogP contribution >= 0.6 is 15.9 Å².